The van der Waals surface area contributed by atoms with Crippen LogP contribution in [0.4, 0.5) is 0 Å². The van der Waals surface area contributed by atoms with E-state index in [-0.39, 0.29) is 11.3 Å². The van der Waals surface area contributed by atoms with Gasteiger partial charge in [-0.3, -0.25) is 9.97 Å². The van der Waals surface area contributed by atoms with Gasteiger partial charge >= 0.3 is 7.12 Å². The lowest BCUT2D eigenvalue weighted by Gasteiger charge is -2.13. The topological polar surface area (TPSA) is 118 Å². The molecule has 0 fully saturated rings. The summed E-state index contributed by atoms with van der Waals surface area (Å²) in [4.78, 5) is 19.2. The third kappa shape index (κ3) is 8.90. The van der Waals surface area contributed by atoms with E-state index in [9.17, 15) is 10.0 Å². The van der Waals surface area contributed by atoms with Crippen LogP contribution in [0.3, 0.4) is 0 Å². The Morgan fingerprint density at radius 2 is 0.861 bits per heavy atom. The van der Waals surface area contributed by atoms with Gasteiger partial charge in [-0.15, -0.1) is 0 Å². The molecule has 0 amide bonds. The fourth-order valence-electron chi connectivity index (χ4n) is 10.8. The highest BCUT2D eigenvalue weighted by atomic mass is 79.9. The minimum Gasteiger partial charge on any atom is -0.456 e. The van der Waals surface area contributed by atoms with Crippen LogP contribution in [0.1, 0.15) is 14.5 Å². The second-order valence-corrected chi connectivity index (χ2v) is 20.0. The number of pyridine rings is 4. The predicted octanol–water partition coefficient (Wildman–Crippen LogP) is 17.7. The van der Waals surface area contributed by atoms with E-state index < -0.39 is 7.12 Å². The van der Waals surface area contributed by atoms with Gasteiger partial charge in [0.15, 0.2) is 0 Å². The highest BCUT2D eigenvalue weighted by Gasteiger charge is 2.18. The Labute approximate surface area is 478 Å². The second kappa shape index (κ2) is 20.5. The maximum Gasteiger partial charge on any atom is 0.489 e. The lowest BCUT2D eigenvalue weighted by molar-refractivity contribution is 0.426. The molecule has 0 aliphatic rings. The van der Waals surface area contributed by atoms with Gasteiger partial charge in [-0.1, -0.05) is 180 Å². The Kier molecular flexibility index (Phi) is 11.3. The largest absolute Gasteiger partial charge is 0.489 e. The third-order valence-electron chi connectivity index (χ3n) is 14.5. The highest BCUT2D eigenvalue weighted by Crippen LogP contribution is 2.39. The number of nitrogens with zero attached hydrogens (tertiary/aromatic N) is 4. The van der Waals surface area contributed by atoms with Crippen LogP contribution in [0.5, 0.6) is 0 Å². The van der Waals surface area contributed by atoms with Crippen molar-refractivity contribution in [1.29, 1.82) is 0 Å². The molecule has 11 heteroatoms. The van der Waals surface area contributed by atoms with Crippen molar-refractivity contribution < 1.29 is 33.4 Å². The monoisotopic (exact) mass is 1100 g/mol. The van der Waals surface area contributed by atoms with E-state index in [0.29, 0.717) is 17.5 Å². The average molecular weight is 1100 g/mol. The van der Waals surface area contributed by atoms with Crippen LogP contribution in [0.15, 0.2) is 256 Å². The Morgan fingerprint density at radius 1 is 0.405 bits per heavy atom. The van der Waals surface area contributed by atoms with Gasteiger partial charge in [0.1, 0.15) is 22.3 Å². The van der Waals surface area contributed by atoms with E-state index in [1.807, 2.05) is 109 Å². The second-order valence-electron chi connectivity index (χ2n) is 19.0. The van der Waals surface area contributed by atoms with E-state index in [0.717, 1.165) is 147 Å². The maximum absolute atomic E-state index is 9.67. The molecule has 0 saturated heterocycles. The van der Waals surface area contributed by atoms with Crippen molar-refractivity contribution in [1.82, 2.24) is 19.9 Å². The Hall–Kier alpha value is -9.51. The first-order valence-electron chi connectivity index (χ1n) is 29.4. The molecular formula is C68H52B2BrN4O4. The molecule has 3 radical (unpaired) electrons. The normalized spacial score (nSPS) is 12.0. The van der Waals surface area contributed by atoms with Crippen molar-refractivity contribution in [2.24, 2.45) is 0 Å². The van der Waals surface area contributed by atoms with Gasteiger partial charge in [-0.25, -0.2) is 9.97 Å². The van der Waals surface area contributed by atoms with Crippen LogP contribution in [-0.4, -0.2) is 45.5 Å². The molecule has 0 bridgehead atoms. The van der Waals surface area contributed by atoms with Gasteiger partial charge < -0.3 is 18.9 Å². The molecule has 16 aromatic rings. The summed E-state index contributed by atoms with van der Waals surface area (Å²) in [5, 5.41) is 31.7. The van der Waals surface area contributed by atoms with Crippen molar-refractivity contribution in [3.05, 3.63) is 247 Å². The Balaban J connectivity index is 0.000000176. The fraction of sp³-hybridized carbons (Fsp3) is 0. The lowest BCUT2D eigenvalue weighted by Crippen LogP contribution is -2.30. The zero-order valence-corrected chi connectivity index (χ0v) is 43.6. The number of hydrogen-bond donors (Lipinski definition) is 2. The molecule has 0 aliphatic heterocycles. The summed E-state index contributed by atoms with van der Waals surface area (Å²) in [6, 6.07) is 72.9. The number of rotatable bonds is 4. The zero-order chi connectivity index (χ0) is 60.0. The number of fused-ring (bicyclic) bond motifs is 14. The number of halogens is 1. The average Bonchev–Trinajstić information content (AvgIpc) is 2.08. The number of para-hydroxylation sites is 2. The Morgan fingerprint density at radius 3 is 1.43 bits per heavy atom. The summed E-state index contributed by atoms with van der Waals surface area (Å²) in [6.07, 6.45) is 3.61. The van der Waals surface area contributed by atoms with Crippen LogP contribution in [-0.2, 0) is 0 Å². The number of aromatic nitrogens is 4. The molecular weight excluding hydrogens is 1040 g/mol. The molecule has 0 atom stereocenters. The van der Waals surface area contributed by atoms with E-state index in [4.69, 9.17) is 30.5 Å². The molecule has 16 rings (SSSR count). The van der Waals surface area contributed by atoms with Crippen LogP contribution in [0.2, 0.25) is 0 Å². The number of furan rings is 2. The lowest BCUT2D eigenvalue weighted by atomic mass is 9.76. The zero-order valence-electron chi connectivity index (χ0n) is 50.0. The summed E-state index contributed by atoms with van der Waals surface area (Å²) < 4.78 is 58.4. The van der Waals surface area contributed by atoms with E-state index in [2.05, 4.69) is 123 Å². The van der Waals surface area contributed by atoms with Crippen LogP contribution in [0, 0.1) is 0 Å². The standard InChI is InChI=1S/C34H20N2O.C22H15BN2O2.C12H7BrO.B.5H2/c1-2-8-26-25(7-1)24(23-14-18-32-29(20-23)28-9-3-4-10-31(28)37-32)15-16-27(26)30-17-13-22-12-11-21-6-5-19-35-33(21)34(22)36-30;26-23(27)19-11-10-18(16-5-1-2-6-17(16)19)20-12-9-15-8-7-14-4-3-13-24-21(14)22(15)25-20;13-8-5-6-12-10(7-8)9-3-1-2-4-11(9)14-12;;;;;;/h1-20H;1-13,26-27H;1-7H;;5*1H/i3D;;1D;;3*1+1D;2*1+1. The quantitative estimate of drug-likeness (QED) is 0.132. The smallest absolute Gasteiger partial charge is 0.456 e. The molecule has 0 saturated carbocycles. The van der Waals surface area contributed by atoms with Crippen molar-refractivity contribution in [3.63, 3.8) is 0 Å². The molecule has 2 N–H and O–H groups in total. The molecule has 0 spiro atoms. The molecule has 10 aromatic carbocycles. The minimum absolute atomic E-state index is 0. The van der Waals surface area contributed by atoms with Crippen LogP contribution in [0.25, 0.3) is 143 Å². The first kappa shape index (κ1) is 43.6. The van der Waals surface area contributed by atoms with E-state index in [1.165, 1.54) is 0 Å². The van der Waals surface area contributed by atoms with Gasteiger partial charge in [-0.05, 0) is 105 Å². The molecule has 381 valence electrons. The summed E-state index contributed by atoms with van der Waals surface area (Å²) >= 11 is 3.43. The summed E-state index contributed by atoms with van der Waals surface area (Å²) in [6.45, 7) is 0. The van der Waals surface area contributed by atoms with Crippen LogP contribution >= 0.6 is 15.9 Å². The summed E-state index contributed by atoms with van der Waals surface area (Å²) in [5.41, 5.74) is 13.4. The number of benzene rings is 10. The Bertz CT molecular complexity index is 5130. The molecule has 8 nitrogen and oxygen atoms in total. The predicted molar refractivity (Wildman–Crippen MR) is 340 cm³/mol. The molecule has 0 aliphatic carbocycles. The molecule has 6 aromatic heterocycles. The van der Waals surface area contributed by atoms with E-state index in [1.54, 1.807) is 24.4 Å². The maximum atomic E-state index is 9.67. The minimum atomic E-state index is -1.51. The van der Waals surface area contributed by atoms with Crippen LogP contribution < -0.4 is 5.46 Å². The molecule has 6 heterocycles. The van der Waals surface area contributed by atoms with Crippen molar-refractivity contribution in [2.45, 2.75) is 0 Å². The number of hydrogen-bond acceptors (Lipinski definition) is 8. The van der Waals surface area contributed by atoms with Gasteiger partial charge in [0, 0.05) is 91.3 Å². The van der Waals surface area contributed by atoms with Gasteiger partial charge in [-0.2, -0.15) is 0 Å². The fourth-order valence-corrected chi connectivity index (χ4v) is 11.1. The summed E-state index contributed by atoms with van der Waals surface area (Å²) in [5.74, 6) is 0. The van der Waals surface area contributed by atoms with Crippen molar-refractivity contribution >= 4 is 146 Å². The summed E-state index contributed by atoms with van der Waals surface area (Å²) in [7, 11) is -1.51. The molecule has 79 heavy (non-hydrogen) atoms. The first-order chi connectivity index (χ1) is 42.2. The SMILES string of the molecule is OB(O)c1ccc(-c2ccc3ccc4cccnc4c3n2)c2ccccc12.[2HH].[2HH].[2H][2H].[2H][2H].[2H][2H].[2H]c1ccc2oc3ccc(-c4ccc(-c5ccc6ccc7cccnc7c6n5)c5ccccc45)cc3c2c1.[2H]c1ccc2oc3ccc(Br)cc3c2c1.[B]. The first-order valence-corrected chi connectivity index (χ1v) is 26.2. The van der Waals surface area contributed by atoms with Gasteiger partial charge in [0.2, 0.25) is 0 Å². The highest BCUT2D eigenvalue weighted by molar-refractivity contribution is 9.10. The third-order valence-corrected chi connectivity index (χ3v) is 15.0. The van der Waals surface area contributed by atoms with Crippen molar-refractivity contribution in [3.8, 4) is 33.6 Å². The van der Waals surface area contributed by atoms with E-state index >= 15 is 0 Å². The molecule has 0 unspecified atom stereocenters. The van der Waals surface area contributed by atoms with Gasteiger partial charge in [0.25, 0.3) is 0 Å². The van der Waals surface area contributed by atoms with Gasteiger partial charge in [0.05, 0.1) is 36.2 Å². The van der Waals surface area contributed by atoms with Crippen molar-refractivity contribution in [2.75, 3.05) is 0 Å².